The van der Waals surface area contributed by atoms with Crippen molar-refractivity contribution < 1.29 is 9.90 Å². The molecule has 0 aliphatic heterocycles. The van der Waals surface area contributed by atoms with Crippen molar-refractivity contribution in [1.82, 2.24) is 5.32 Å². The van der Waals surface area contributed by atoms with Gasteiger partial charge in [0.05, 0.1) is 6.42 Å². The van der Waals surface area contributed by atoms with Crippen LogP contribution in [0.4, 0.5) is 0 Å². The number of rotatable bonds is 8. The van der Waals surface area contributed by atoms with Crippen molar-refractivity contribution in [3.63, 3.8) is 0 Å². The molecule has 116 valence electrons. The van der Waals surface area contributed by atoms with Crippen LogP contribution in [-0.4, -0.2) is 17.6 Å². The first kappa shape index (κ1) is 16.2. The van der Waals surface area contributed by atoms with E-state index in [1.165, 1.54) is 5.56 Å². The van der Waals surface area contributed by atoms with Crippen molar-refractivity contribution in [2.75, 3.05) is 6.54 Å². The second-order valence-corrected chi connectivity index (χ2v) is 5.60. The van der Waals surface area contributed by atoms with Crippen LogP contribution in [0.25, 0.3) is 0 Å². The topological polar surface area (TPSA) is 49.3 Å². The Kier molecular flexibility index (Phi) is 6.16. The van der Waals surface area contributed by atoms with E-state index in [4.69, 9.17) is 5.11 Å². The van der Waals surface area contributed by atoms with Gasteiger partial charge in [0.1, 0.15) is 0 Å². The van der Waals surface area contributed by atoms with Gasteiger partial charge in [0.25, 0.3) is 0 Å². The van der Waals surface area contributed by atoms with Gasteiger partial charge in [0.2, 0.25) is 0 Å². The van der Waals surface area contributed by atoms with E-state index in [0.717, 1.165) is 30.6 Å². The first-order valence-electron chi connectivity index (χ1n) is 7.69. The van der Waals surface area contributed by atoms with Gasteiger partial charge in [0, 0.05) is 6.54 Å². The summed E-state index contributed by atoms with van der Waals surface area (Å²) in [4.78, 5) is 11.1. The molecular weight excluding hydrogens is 274 g/mol. The van der Waals surface area contributed by atoms with E-state index < -0.39 is 5.97 Å². The van der Waals surface area contributed by atoms with Gasteiger partial charge in [-0.1, -0.05) is 54.6 Å². The first-order chi connectivity index (χ1) is 10.7. The Morgan fingerprint density at radius 2 is 1.77 bits per heavy atom. The summed E-state index contributed by atoms with van der Waals surface area (Å²) >= 11 is 0. The van der Waals surface area contributed by atoms with E-state index >= 15 is 0 Å². The highest BCUT2D eigenvalue weighted by Crippen LogP contribution is 2.26. The molecule has 1 atom stereocenters. The van der Waals surface area contributed by atoms with Gasteiger partial charge >= 0.3 is 5.97 Å². The Bertz CT molecular complexity index is 595. The second-order valence-electron chi connectivity index (χ2n) is 5.60. The number of hydrogen-bond donors (Lipinski definition) is 2. The summed E-state index contributed by atoms with van der Waals surface area (Å²) in [6.45, 7) is 3.66. The minimum atomic E-state index is -0.740. The molecule has 0 saturated heterocycles. The van der Waals surface area contributed by atoms with Crippen LogP contribution in [0, 0.1) is 6.92 Å². The van der Waals surface area contributed by atoms with Crippen molar-refractivity contribution in [3.8, 4) is 0 Å². The molecule has 0 radical (unpaired) electrons. The fourth-order valence-corrected chi connectivity index (χ4v) is 2.73. The lowest BCUT2D eigenvalue weighted by Crippen LogP contribution is -2.19. The second kappa shape index (κ2) is 8.35. The summed E-state index contributed by atoms with van der Waals surface area (Å²) in [5.41, 5.74) is 3.55. The maximum atomic E-state index is 11.1. The zero-order valence-corrected chi connectivity index (χ0v) is 13.0. The van der Waals surface area contributed by atoms with Gasteiger partial charge in [-0.3, -0.25) is 4.79 Å². The normalized spacial score (nSPS) is 12.0. The summed E-state index contributed by atoms with van der Waals surface area (Å²) in [7, 11) is 0. The highest BCUT2D eigenvalue weighted by molar-refractivity contribution is 5.68. The van der Waals surface area contributed by atoms with Crippen molar-refractivity contribution in [3.05, 3.63) is 71.3 Å². The van der Waals surface area contributed by atoms with E-state index in [-0.39, 0.29) is 12.3 Å². The average Bonchev–Trinajstić information content (AvgIpc) is 2.51. The molecule has 0 spiro atoms. The van der Waals surface area contributed by atoms with Crippen molar-refractivity contribution in [1.29, 1.82) is 0 Å². The number of benzene rings is 2. The third-order valence-corrected chi connectivity index (χ3v) is 3.89. The lowest BCUT2D eigenvalue weighted by molar-refractivity contribution is -0.137. The summed E-state index contributed by atoms with van der Waals surface area (Å²) in [6.07, 6.45) is 1.00. The highest BCUT2D eigenvalue weighted by Gasteiger charge is 2.16. The largest absolute Gasteiger partial charge is 0.481 e. The lowest BCUT2D eigenvalue weighted by Gasteiger charge is -2.18. The summed E-state index contributed by atoms with van der Waals surface area (Å²) in [5, 5.41) is 12.6. The molecule has 22 heavy (non-hydrogen) atoms. The molecule has 1 unspecified atom stereocenters. The SMILES string of the molecule is Cc1ccccc1C(CCNCc1ccccc1)CC(=O)O. The molecule has 0 aliphatic carbocycles. The molecule has 2 rings (SSSR count). The average molecular weight is 297 g/mol. The van der Waals surface area contributed by atoms with Gasteiger partial charge in [-0.15, -0.1) is 0 Å². The number of hydrogen-bond acceptors (Lipinski definition) is 2. The molecule has 2 aromatic carbocycles. The van der Waals surface area contributed by atoms with E-state index in [1.54, 1.807) is 0 Å². The summed E-state index contributed by atoms with van der Waals surface area (Å²) in [6, 6.07) is 18.3. The van der Waals surface area contributed by atoms with Crippen molar-refractivity contribution >= 4 is 5.97 Å². The van der Waals surface area contributed by atoms with Gasteiger partial charge in [0.15, 0.2) is 0 Å². The smallest absolute Gasteiger partial charge is 0.303 e. The van der Waals surface area contributed by atoms with Gasteiger partial charge in [-0.05, 0) is 42.5 Å². The molecule has 0 bridgehead atoms. The van der Waals surface area contributed by atoms with Gasteiger partial charge < -0.3 is 10.4 Å². The highest BCUT2D eigenvalue weighted by atomic mass is 16.4. The van der Waals surface area contributed by atoms with Crippen LogP contribution in [0.15, 0.2) is 54.6 Å². The minimum Gasteiger partial charge on any atom is -0.481 e. The van der Waals surface area contributed by atoms with Crippen LogP contribution < -0.4 is 5.32 Å². The Morgan fingerprint density at radius 3 is 2.45 bits per heavy atom. The maximum absolute atomic E-state index is 11.1. The molecule has 3 heteroatoms. The summed E-state index contributed by atoms with van der Waals surface area (Å²) in [5.74, 6) is -0.682. The molecule has 2 aromatic rings. The van der Waals surface area contributed by atoms with Crippen molar-refractivity contribution in [2.45, 2.75) is 32.2 Å². The predicted molar refractivity (Wildman–Crippen MR) is 88.9 cm³/mol. The molecule has 2 N–H and O–H groups in total. The molecular formula is C19H23NO2. The fraction of sp³-hybridized carbons (Fsp3) is 0.316. The van der Waals surface area contributed by atoms with Gasteiger partial charge in [-0.25, -0.2) is 0 Å². The minimum absolute atomic E-state index is 0.0574. The van der Waals surface area contributed by atoms with E-state index in [0.29, 0.717) is 0 Å². The van der Waals surface area contributed by atoms with Crippen LogP contribution in [-0.2, 0) is 11.3 Å². The fourth-order valence-electron chi connectivity index (χ4n) is 2.73. The number of carboxylic acids is 1. The van der Waals surface area contributed by atoms with E-state index in [1.807, 2.05) is 49.4 Å². The molecule has 0 aliphatic rings. The molecule has 0 aromatic heterocycles. The molecule has 0 heterocycles. The molecule has 0 amide bonds. The third kappa shape index (κ3) is 5.01. The van der Waals surface area contributed by atoms with E-state index in [9.17, 15) is 4.79 Å². The Labute approximate surface area is 132 Å². The zero-order chi connectivity index (χ0) is 15.8. The predicted octanol–water partition coefficient (Wildman–Crippen LogP) is 3.73. The van der Waals surface area contributed by atoms with Gasteiger partial charge in [-0.2, -0.15) is 0 Å². The van der Waals surface area contributed by atoms with Crippen LogP contribution in [0.2, 0.25) is 0 Å². The monoisotopic (exact) mass is 297 g/mol. The maximum Gasteiger partial charge on any atom is 0.303 e. The lowest BCUT2D eigenvalue weighted by atomic mass is 9.89. The standard InChI is InChI=1S/C19H23NO2/c1-15-7-5-6-10-18(15)17(13-19(21)22)11-12-20-14-16-8-3-2-4-9-16/h2-10,17,20H,11-14H2,1H3,(H,21,22). The van der Waals surface area contributed by atoms with E-state index in [2.05, 4.69) is 17.4 Å². The number of carboxylic acid groups (broad SMARTS) is 1. The number of aryl methyl sites for hydroxylation is 1. The van der Waals surface area contributed by atoms with Crippen molar-refractivity contribution in [2.24, 2.45) is 0 Å². The Hall–Kier alpha value is -2.13. The first-order valence-corrected chi connectivity index (χ1v) is 7.69. The van der Waals surface area contributed by atoms with Crippen LogP contribution in [0.3, 0.4) is 0 Å². The molecule has 0 saturated carbocycles. The van der Waals surface area contributed by atoms with Crippen LogP contribution in [0.1, 0.15) is 35.4 Å². The number of carbonyl (C=O) groups is 1. The van der Waals surface area contributed by atoms with Crippen LogP contribution >= 0.6 is 0 Å². The third-order valence-electron chi connectivity index (χ3n) is 3.89. The Balaban J connectivity index is 1.90. The molecule has 0 fully saturated rings. The quantitative estimate of drug-likeness (QED) is 0.730. The summed E-state index contributed by atoms with van der Waals surface area (Å²) < 4.78 is 0. The molecule has 3 nitrogen and oxygen atoms in total. The van der Waals surface area contributed by atoms with Crippen LogP contribution in [0.5, 0.6) is 0 Å². The zero-order valence-electron chi connectivity index (χ0n) is 13.0. The number of aliphatic carboxylic acids is 1. The Morgan fingerprint density at radius 1 is 1.09 bits per heavy atom. The number of nitrogens with one attached hydrogen (secondary N) is 1.